The van der Waals surface area contributed by atoms with Gasteiger partial charge in [-0.3, -0.25) is 4.90 Å². The second-order valence-electron chi connectivity index (χ2n) is 4.28. The molecular weight excluding hydrogens is 150 g/mol. The molecule has 0 aromatic heterocycles. The Labute approximate surface area is 75.6 Å². The molecule has 1 saturated heterocycles. The van der Waals surface area contributed by atoms with Gasteiger partial charge < -0.3 is 5.11 Å². The summed E-state index contributed by atoms with van der Waals surface area (Å²) in [6, 6.07) is 0.611. The van der Waals surface area contributed by atoms with E-state index in [1.165, 1.54) is 0 Å². The highest BCUT2D eigenvalue weighted by molar-refractivity contribution is 4.77. The summed E-state index contributed by atoms with van der Waals surface area (Å²) >= 11 is 0. The molecule has 0 saturated carbocycles. The zero-order valence-corrected chi connectivity index (χ0v) is 8.45. The van der Waals surface area contributed by atoms with Crippen LogP contribution in [0.1, 0.15) is 33.6 Å². The molecule has 0 spiro atoms. The maximum Gasteiger partial charge on any atom is 0.0667 e. The minimum absolute atomic E-state index is 0.0834. The minimum Gasteiger partial charge on any atom is -0.392 e. The quantitative estimate of drug-likeness (QED) is 0.680. The van der Waals surface area contributed by atoms with Gasteiger partial charge in [0.15, 0.2) is 0 Å². The van der Waals surface area contributed by atoms with E-state index in [1.807, 2.05) is 0 Å². The van der Waals surface area contributed by atoms with Gasteiger partial charge >= 0.3 is 0 Å². The molecule has 1 aliphatic heterocycles. The fourth-order valence-corrected chi connectivity index (χ4v) is 1.77. The van der Waals surface area contributed by atoms with Gasteiger partial charge in [-0.15, -0.1) is 0 Å². The number of nitrogens with zero attached hydrogens (tertiary/aromatic N) is 1. The van der Waals surface area contributed by atoms with Crippen LogP contribution in [-0.2, 0) is 0 Å². The summed E-state index contributed by atoms with van der Waals surface area (Å²) in [4.78, 5) is 2.40. The van der Waals surface area contributed by atoms with E-state index in [9.17, 15) is 5.11 Å². The van der Waals surface area contributed by atoms with Crippen LogP contribution in [0, 0.1) is 5.92 Å². The molecule has 0 amide bonds. The average molecular weight is 171 g/mol. The summed E-state index contributed by atoms with van der Waals surface area (Å²) in [6.07, 6.45) is 2.06. The van der Waals surface area contributed by atoms with Crippen LogP contribution in [0.25, 0.3) is 0 Å². The van der Waals surface area contributed by atoms with E-state index in [0.717, 1.165) is 25.9 Å². The van der Waals surface area contributed by atoms with E-state index in [0.29, 0.717) is 12.0 Å². The topological polar surface area (TPSA) is 23.5 Å². The van der Waals surface area contributed by atoms with Crippen LogP contribution < -0.4 is 0 Å². The van der Waals surface area contributed by atoms with Crippen molar-refractivity contribution in [2.45, 2.75) is 45.8 Å². The molecule has 2 nitrogen and oxygen atoms in total. The standard InChI is InChI=1S/C10H21NO/c1-8(2)9(3)11-6-4-5-10(12)7-11/h8-10,12H,4-7H2,1-3H3/t9-,10-/m1/s1. The van der Waals surface area contributed by atoms with Gasteiger partial charge in [-0.05, 0) is 32.2 Å². The monoisotopic (exact) mass is 171 g/mol. The summed E-state index contributed by atoms with van der Waals surface area (Å²) in [5, 5.41) is 9.47. The van der Waals surface area contributed by atoms with Crippen molar-refractivity contribution in [3.05, 3.63) is 0 Å². The highest BCUT2D eigenvalue weighted by Crippen LogP contribution is 2.16. The fourth-order valence-electron chi connectivity index (χ4n) is 1.77. The van der Waals surface area contributed by atoms with Crippen LogP contribution in [-0.4, -0.2) is 35.2 Å². The molecule has 0 radical (unpaired) electrons. The summed E-state index contributed by atoms with van der Waals surface area (Å²) in [7, 11) is 0. The Balaban J connectivity index is 2.40. The van der Waals surface area contributed by atoms with Crippen molar-refractivity contribution in [3.63, 3.8) is 0 Å². The largest absolute Gasteiger partial charge is 0.392 e. The smallest absolute Gasteiger partial charge is 0.0667 e. The molecule has 0 bridgehead atoms. The predicted octanol–water partition coefficient (Wildman–Crippen LogP) is 1.49. The average Bonchev–Trinajstić information content (AvgIpc) is 2.03. The summed E-state index contributed by atoms with van der Waals surface area (Å²) < 4.78 is 0. The van der Waals surface area contributed by atoms with Crippen molar-refractivity contribution >= 4 is 0 Å². The summed E-state index contributed by atoms with van der Waals surface area (Å²) in [6.45, 7) is 8.77. The first-order valence-corrected chi connectivity index (χ1v) is 5.03. The van der Waals surface area contributed by atoms with Crippen molar-refractivity contribution in [3.8, 4) is 0 Å². The lowest BCUT2D eigenvalue weighted by molar-refractivity contribution is 0.0392. The van der Waals surface area contributed by atoms with Gasteiger partial charge in [-0.1, -0.05) is 13.8 Å². The highest BCUT2D eigenvalue weighted by atomic mass is 16.3. The van der Waals surface area contributed by atoms with Crippen LogP contribution in [0.5, 0.6) is 0 Å². The SMILES string of the molecule is CC(C)[C@@H](C)N1CCC[C@@H](O)C1. The number of hydrogen-bond acceptors (Lipinski definition) is 2. The molecule has 2 atom stereocenters. The summed E-state index contributed by atoms with van der Waals surface area (Å²) in [5.74, 6) is 0.690. The molecular formula is C10H21NO. The molecule has 1 N–H and O–H groups in total. The lowest BCUT2D eigenvalue weighted by Gasteiger charge is -2.36. The fraction of sp³-hybridized carbons (Fsp3) is 1.00. The third-order valence-corrected chi connectivity index (χ3v) is 2.97. The number of likely N-dealkylation sites (tertiary alicyclic amines) is 1. The molecule has 1 heterocycles. The molecule has 2 heteroatoms. The molecule has 1 aliphatic rings. The molecule has 0 aromatic carbocycles. The maximum absolute atomic E-state index is 9.47. The highest BCUT2D eigenvalue weighted by Gasteiger charge is 2.23. The van der Waals surface area contributed by atoms with E-state index in [-0.39, 0.29) is 6.10 Å². The number of hydrogen-bond donors (Lipinski definition) is 1. The first-order chi connectivity index (χ1) is 5.61. The van der Waals surface area contributed by atoms with Gasteiger partial charge in [0.2, 0.25) is 0 Å². The van der Waals surface area contributed by atoms with E-state index in [2.05, 4.69) is 25.7 Å². The number of piperidine rings is 1. The molecule has 0 unspecified atom stereocenters. The zero-order valence-electron chi connectivity index (χ0n) is 8.45. The minimum atomic E-state index is -0.0834. The van der Waals surface area contributed by atoms with E-state index < -0.39 is 0 Å². The Morgan fingerprint density at radius 2 is 2.00 bits per heavy atom. The second kappa shape index (κ2) is 4.24. The van der Waals surface area contributed by atoms with E-state index in [1.54, 1.807) is 0 Å². The van der Waals surface area contributed by atoms with Gasteiger partial charge in [0.1, 0.15) is 0 Å². The normalized spacial score (nSPS) is 29.2. The van der Waals surface area contributed by atoms with Crippen molar-refractivity contribution in [2.24, 2.45) is 5.92 Å². The predicted molar refractivity (Wildman–Crippen MR) is 51.1 cm³/mol. The lowest BCUT2D eigenvalue weighted by Crippen LogP contribution is -2.45. The van der Waals surface area contributed by atoms with E-state index in [4.69, 9.17) is 0 Å². The third-order valence-electron chi connectivity index (χ3n) is 2.97. The van der Waals surface area contributed by atoms with Gasteiger partial charge in [0.25, 0.3) is 0 Å². The number of aliphatic hydroxyl groups is 1. The maximum atomic E-state index is 9.47. The van der Waals surface area contributed by atoms with Gasteiger partial charge in [-0.2, -0.15) is 0 Å². The Bertz CT molecular complexity index is 136. The van der Waals surface area contributed by atoms with Crippen molar-refractivity contribution < 1.29 is 5.11 Å². The van der Waals surface area contributed by atoms with Crippen molar-refractivity contribution in [1.82, 2.24) is 4.90 Å². The van der Waals surface area contributed by atoms with Crippen molar-refractivity contribution in [2.75, 3.05) is 13.1 Å². The lowest BCUT2D eigenvalue weighted by atomic mass is 10.00. The van der Waals surface area contributed by atoms with Crippen molar-refractivity contribution in [1.29, 1.82) is 0 Å². The Hall–Kier alpha value is -0.0800. The number of rotatable bonds is 2. The van der Waals surface area contributed by atoms with Crippen LogP contribution in [0.3, 0.4) is 0 Å². The van der Waals surface area contributed by atoms with Gasteiger partial charge in [-0.25, -0.2) is 0 Å². The van der Waals surface area contributed by atoms with Crippen LogP contribution in [0.2, 0.25) is 0 Å². The van der Waals surface area contributed by atoms with Gasteiger partial charge in [0, 0.05) is 12.6 Å². The zero-order chi connectivity index (χ0) is 9.14. The van der Waals surface area contributed by atoms with Gasteiger partial charge in [0.05, 0.1) is 6.10 Å². The first-order valence-electron chi connectivity index (χ1n) is 5.03. The molecule has 12 heavy (non-hydrogen) atoms. The molecule has 1 rings (SSSR count). The Morgan fingerprint density at radius 3 is 2.50 bits per heavy atom. The van der Waals surface area contributed by atoms with Crippen LogP contribution in [0.15, 0.2) is 0 Å². The third kappa shape index (κ3) is 2.46. The number of aliphatic hydroxyl groups excluding tert-OH is 1. The van der Waals surface area contributed by atoms with Crippen LogP contribution >= 0.6 is 0 Å². The Kier molecular flexibility index (Phi) is 3.53. The van der Waals surface area contributed by atoms with Crippen LogP contribution in [0.4, 0.5) is 0 Å². The molecule has 0 aromatic rings. The number of β-amino-alcohol motifs (C(OH)–C–C–N with tert-alkyl or cyclic N) is 1. The molecule has 72 valence electrons. The molecule has 1 fully saturated rings. The molecule has 0 aliphatic carbocycles. The van der Waals surface area contributed by atoms with E-state index >= 15 is 0 Å². The first kappa shape index (κ1) is 10.0. The Morgan fingerprint density at radius 1 is 1.33 bits per heavy atom. The summed E-state index contributed by atoms with van der Waals surface area (Å²) in [5.41, 5.74) is 0. The second-order valence-corrected chi connectivity index (χ2v) is 4.28.